The van der Waals surface area contributed by atoms with Crippen molar-refractivity contribution in [2.24, 2.45) is 0 Å². The molecule has 7 heteroatoms. The fourth-order valence-electron chi connectivity index (χ4n) is 10.6. The predicted octanol–water partition coefficient (Wildman–Crippen LogP) is 17.5. The maximum atomic E-state index is 6.57. The van der Waals surface area contributed by atoms with Gasteiger partial charge < -0.3 is 13.4 Å². The second kappa shape index (κ2) is 15.2. The maximum absolute atomic E-state index is 6.57. The highest BCUT2D eigenvalue weighted by Gasteiger charge is 2.21. The molecule has 5 heterocycles. The van der Waals surface area contributed by atoms with Gasteiger partial charge in [0.05, 0.1) is 16.6 Å². The Bertz CT molecular complexity index is 4600. The van der Waals surface area contributed by atoms with Gasteiger partial charge in [-0.25, -0.2) is 15.0 Å². The summed E-state index contributed by atoms with van der Waals surface area (Å²) < 4.78 is 17.9. The van der Waals surface area contributed by atoms with Crippen molar-refractivity contribution in [2.75, 3.05) is 0 Å². The van der Waals surface area contributed by atoms with Gasteiger partial charge in [-0.15, -0.1) is 11.3 Å². The largest absolute Gasteiger partial charge is 0.456 e. The molecule has 0 N–H and O–H groups in total. The highest BCUT2D eigenvalue weighted by molar-refractivity contribution is 7.25. The molecular weight excluding hydrogens is 877 g/mol. The molecular formula is C63H36N4O2S. The van der Waals surface area contributed by atoms with E-state index in [0.29, 0.717) is 17.5 Å². The molecule has 6 nitrogen and oxygen atoms in total. The zero-order chi connectivity index (χ0) is 45.9. The third-order valence-electron chi connectivity index (χ3n) is 13.9. The number of hydrogen-bond donors (Lipinski definition) is 0. The van der Waals surface area contributed by atoms with Gasteiger partial charge in [-0.1, -0.05) is 140 Å². The fourth-order valence-corrected chi connectivity index (χ4v) is 11.7. The number of hydrogen-bond acceptors (Lipinski definition) is 6. The number of fused-ring (bicyclic) bond motifs is 12. The van der Waals surface area contributed by atoms with Crippen LogP contribution in [0.15, 0.2) is 227 Å². The van der Waals surface area contributed by atoms with Crippen molar-refractivity contribution in [1.82, 2.24) is 19.5 Å². The first-order valence-electron chi connectivity index (χ1n) is 23.4. The van der Waals surface area contributed by atoms with Crippen molar-refractivity contribution < 1.29 is 8.83 Å². The molecule has 0 radical (unpaired) electrons. The number of rotatable bonds is 6. The number of furan rings is 2. The second-order valence-corrected chi connectivity index (χ2v) is 19.0. The van der Waals surface area contributed by atoms with Crippen molar-refractivity contribution in [3.63, 3.8) is 0 Å². The van der Waals surface area contributed by atoms with Crippen LogP contribution < -0.4 is 0 Å². The summed E-state index contributed by atoms with van der Waals surface area (Å²) in [5.74, 6) is 1.67. The number of para-hydroxylation sites is 4. The normalized spacial score (nSPS) is 12.0. The minimum atomic E-state index is 0.538. The summed E-state index contributed by atoms with van der Waals surface area (Å²) in [6, 6.07) is 76.9. The van der Waals surface area contributed by atoms with Gasteiger partial charge in [-0.3, -0.25) is 0 Å². The third kappa shape index (κ3) is 6.02. The van der Waals surface area contributed by atoms with Gasteiger partial charge in [0.25, 0.3) is 0 Å². The van der Waals surface area contributed by atoms with Gasteiger partial charge >= 0.3 is 0 Å². The van der Waals surface area contributed by atoms with E-state index in [-0.39, 0.29) is 0 Å². The SMILES string of the molecule is c1ccc(-c2nc(-c3cccc4c3oc3ccccc34)nc(-c3cccc4oc5ccc(-c6ccc7sc8cc(-c9ccc%10c(c9)c9ccccc9n%10-c9ccccc9)ccc8c7c6)cc5c34)n2)cc1. The van der Waals surface area contributed by atoms with Crippen LogP contribution in [-0.2, 0) is 0 Å². The molecule has 15 aromatic rings. The number of benzene rings is 10. The van der Waals surface area contributed by atoms with E-state index in [1.54, 1.807) is 0 Å². The second-order valence-electron chi connectivity index (χ2n) is 17.9. The number of nitrogens with zero attached hydrogens (tertiary/aromatic N) is 4. The Labute approximate surface area is 404 Å². The molecule has 70 heavy (non-hydrogen) atoms. The third-order valence-corrected chi connectivity index (χ3v) is 15.0. The fraction of sp³-hybridized carbons (Fsp3) is 0. The van der Waals surface area contributed by atoms with Crippen molar-refractivity contribution in [1.29, 1.82) is 0 Å². The monoisotopic (exact) mass is 912 g/mol. The lowest BCUT2D eigenvalue weighted by atomic mass is 9.98. The zero-order valence-corrected chi connectivity index (χ0v) is 38.1. The summed E-state index contributed by atoms with van der Waals surface area (Å²) in [4.78, 5) is 15.5. The van der Waals surface area contributed by atoms with Crippen LogP contribution in [0, 0.1) is 0 Å². The molecule has 5 aromatic heterocycles. The Balaban J connectivity index is 0.833. The van der Waals surface area contributed by atoms with E-state index in [1.165, 1.54) is 53.1 Å². The van der Waals surface area contributed by atoms with E-state index in [0.717, 1.165) is 77.4 Å². The molecule has 15 rings (SSSR count). The Morgan fingerprint density at radius 2 is 0.929 bits per heavy atom. The van der Waals surface area contributed by atoms with E-state index >= 15 is 0 Å². The molecule has 0 bridgehead atoms. The standard InChI is InChI=1S/C63H36N4O2S/c1-3-13-37(14-4-1)61-64-62(66-63(65-61)48-21-11-19-46-44-18-8-10-23-54(44)69-60(46)48)47-20-12-24-56-59(47)51-35-39(27-31-55(51)68-56)40-28-32-57-50(34-40)45-29-25-41(36-58(45)70-57)38-26-30-53-49(33-38)43-17-7-9-22-52(43)67(53)42-15-5-2-6-16-42/h1-36H. The average Bonchev–Trinajstić information content (AvgIpc) is 4.19. The van der Waals surface area contributed by atoms with E-state index < -0.39 is 0 Å². The lowest BCUT2D eigenvalue weighted by molar-refractivity contribution is 0.668. The summed E-state index contributed by atoms with van der Waals surface area (Å²) in [5, 5.41) is 9.02. The van der Waals surface area contributed by atoms with Crippen LogP contribution in [0.1, 0.15) is 0 Å². The topological polar surface area (TPSA) is 69.9 Å². The summed E-state index contributed by atoms with van der Waals surface area (Å²) in [6.45, 7) is 0. The smallest absolute Gasteiger partial charge is 0.167 e. The minimum Gasteiger partial charge on any atom is -0.456 e. The molecule has 0 spiro atoms. The Morgan fingerprint density at radius 1 is 0.329 bits per heavy atom. The van der Waals surface area contributed by atoms with Gasteiger partial charge in [-0.2, -0.15) is 0 Å². The molecule has 326 valence electrons. The molecule has 0 saturated heterocycles. The van der Waals surface area contributed by atoms with E-state index in [9.17, 15) is 0 Å². The molecule has 0 unspecified atom stereocenters. The highest BCUT2D eigenvalue weighted by atomic mass is 32.1. The highest BCUT2D eigenvalue weighted by Crippen LogP contribution is 2.43. The minimum absolute atomic E-state index is 0.538. The summed E-state index contributed by atoms with van der Waals surface area (Å²) >= 11 is 1.84. The summed E-state index contributed by atoms with van der Waals surface area (Å²) in [6.07, 6.45) is 0. The van der Waals surface area contributed by atoms with Gasteiger partial charge in [0, 0.05) is 69.3 Å². The Hall–Kier alpha value is -9.17. The maximum Gasteiger partial charge on any atom is 0.167 e. The van der Waals surface area contributed by atoms with E-state index in [1.807, 2.05) is 84.1 Å². The predicted molar refractivity (Wildman–Crippen MR) is 289 cm³/mol. The van der Waals surface area contributed by atoms with Crippen molar-refractivity contribution in [3.8, 4) is 62.1 Å². The molecule has 0 saturated carbocycles. The molecule has 0 aliphatic rings. The van der Waals surface area contributed by atoms with Crippen LogP contribution in [0.4, 0.5) is 0 Å². The quantitative estimate of drug-likeness (QED) is 0.166. The first kappa shape index (κ1) is 38.9. The first-order chi connectivity index (χ1) is 34.7. The van der Waals surface area contributed by atoms with Gasteiger partial charge in [0.15, 0.2) is 17.5 Å². The number of thiophene rings is 1. The molecule has 0 aliphatic heterocycles. The Kier molecular flexibility index (Phi) is 8.43. The van der Waals surface area contributed by atoms with Crippen molar-refractivity contribution >= 4 is 97.2 Å². The van der Waals surface area contributed by atoms with Crippen LogP contribution >= 0.6 is 11.3 Å². The van der Waals surface area contributed by atoms with Crippen molar-refractivity contribution in [3.05, 3.63) is 218 Å². The molecule has 0 fully saturated rings. The van der Waals surface area contributed by atoms with Gasteiger partial charge in [0.1, 0.15) is 22.3 Å². The van der Waals surface area contributed by atoms with Crippen LogP contribution in [0.5, 0.6) is 0 Å². The molecule has 0 aliphatic carbocycles. The lowest BCUT2D eigenvalue weighted by Crippen LogP contribution is -2.00. The van der Waals surface area contributed by atoms with Crippen LogP contribution in [0.25, 0.3) is 148 Å². The zero-order valence-electron chi connectivity index (χ0n) is 37.3. The van der Waals surface area contributed by atoms with Crippen LogP contribution in [0.3, 0.4) is 0 Å². The van der Waals surface area contributed by atoms with Crippen LogP contribution in [0.2, 0.25) is 0 Å². The summed E-state index contributed by atoms with van der Waals surface area (Å²) in [7, 11) is 0. The number of aromatic nitrogens is 4. The average molecular weight is 913 g/mol. The Morgan fingerprint density at radius 3 is 1.80 bits per heavy atom. The van der Waals surface area contributed by atoms with Crippen LogP contribution in [-0.4, -0.2) is 19.5 Å². The van der Waals surface area contributed by atoms with E-state index in [4.69, 9.17) is 23.8 Å². The summed E-state index contributed by atoms with van der Waals surface area (Å²) in [5.41, 5.74) is 13.9. The molecule has 0 amide bonds. The van der Waals surface area contributed by atoms with E-state index in [2.05, 4.69) is 150 Å². The first-order valence-corrected chi connectivity index (χ1v) is 24.2. The lowest BCUT2D eigenvalue weighted by Gasteiger charge is -2.09. The van der Waals surface area contributed by atoms with Crippen molar-refractivity contribution in [2.45, 2.75) is 0 Å². The molecule has 10 aromatic carbocycles. The van der Waals surface area contributed by atoms with Gasteiger partial charge in [-0.05, 0) is 101 Å². The molecule has 0 atom stereocenters. The van der Waals surface area contributed by atoms with Gasteiger partial charge in [0.2, 0.25) is 0 Å².